The summed E-state index contributed by atoms with van der Waals surface area (Å²) in [5.74, 6) is 0. The first kappa shape index (κ1) is 14.3. The zero-order valence-corrected chi connectivity index (χ0v) is 12.4. The van der Waals surface area contributed by atoms with Crippen molar-refractivity contribution in [2.45, 2.75) is 11.4 Å². The fraction of sp³-hybridized carbons (Fsp3) is 0.182. The van der Waals surface area contributed by atoms with Gasteiger partial charge in [-0.3, -0.25) is 4.72 Å². The summed E-state index contributed by atoms with van der Waals surface area (Å²) < 4.78 is 26.6. The predicted octanol–water partition coefficient (Wildman–Crippen LogP) is 2.32. The molecule has 0 aliphatic carbocycles. The Morgan fingerprint density at radius 3 is 2.79 bits per heavy atom. The number of rotatable bonds is 5. The second kappa shape index (κ2) is 5.87. The fourth-order valence-corrected chi connectivity index (χ4v) is 3.60. The number of halogens is 1. The van der Waals surface area contributed by atoms with Gasteiger partial charge in [0, 0.05) is 23.1 Å². The van der Waals surface area contributed by atoms with E-state index in [4.69, 9.17) is 11.6 Å². The lowest BCUT2D eigenvalue weighted by molar-refractivity contribution is 0.601. The standard InChI is InChI=1S/C11H12ClN3O2S2/c1-13-7-8-2-3-9(6-10(8)12)19(16,17)15-11-14-4-5-18-11/h2-6,13H,7H2,1H3,(H,14,15). The number of hydrogen-bond acceptors (Lipinski definition) is 5. The average molecular weight is 318 g/mol. The lowest BCUT2D eigenvalue weighted by Gasteiger charge is -2.08. The third kappa shape index (κ3) is 3.44. The van der Waals surface area contributed by atoms with Gasteiger partial charge in [-0.2, -0.15) is 0 Å². The minimum Gasteiger partial charge on any atom is -0.316 e. The van der Waals surface area contributed by atoms with E-state index in [-0.39, 0.29) is 4.90 Å². The summed E-state index contributed by atoms with van der Waals surface area (Å²) in [4.78, 5) is 4.00. The summed E-state index contributed by atoms with van der Waals surface area (Å²) in [6.07, 6.45) is 1.53. The molecule has 0 aliphatic rings. The van der Waals surface area contributed by atoms with Gasteiger partial charge in [0.15, 0.2) is 5.13 Å². The van der Waals surface area contributed by atoms with Gasteiger partial charge in [0.25, 0.3) is 10.0 Å². The Balaban J connectivity index is 2.28. The molecule has 0 saturated heterocycles. The van der Waals surface area contributed by atoms with Gasteiger partial charge in [-0.25, -0.2) is 13.4 Å². The van der Waals surface area contributed by atoms with Crippen LogP contribution >= 0.6 is 22.9 Å². The lowest BCUT2D eigenvalue weighted by Crippen LogP contribution is -2.13. The molecule has 0 aliphatic heterocycles. The van der Waals surface area contributed by atoms with E-state index < -0.39 is 10.0 Å². The summed E-state index contributed by atoms with van der Waals surface area (Å²) in [6, 6.07) is 4.65. The van der Waals surface area contributed by atoms with Gasteiger partial charge in [0.05, 0.1) is 4.90 Å². The van der Waals surface area contributed by atoms with E-state index in [1.165, 1.54) is 29.7 Å². The Morgan fingerprint density at radius 2 is 2.21 bits per heavy atom. The van der Waals surface area contributed by atoms with E-state index >= 15 is 0 Å². The largest absolute Gasteiger partial charge is 0.316 e. The van der Waals surface area contributed by atoms with E-state index in [2.05, 4.69) is 15.0 Å². The number of thiazole rings is 1. The molecule has 0 atom stereocenters. The Kier molecular flexibility index (Phi) is 4.41. The summed E-state index contributed by atoms with van der Waals surface area (Å²) in [6.45, 7) is 0.582. The fourth-order valence-electron chi connectivity index (χ4n) is 1.48. The molecular formula is C11H12ClN3O2S2. The van der Waals surface area contributed by atoms with Crippen LogP contribution in [0, 0.1) is 0 Å². The molecule has 1 aromatic carbocycles. The summed E-state index contributed by atoms with van der Waals surface area (Å²) in [5, 5.41) is 5.40. The highest BCUT2D eigenvalue weighted by Crippen LogP contribution is 2.23. The van der Waals surface area contributed by atoms with Gasteiger partial charge in [-0.05, 0) is 24.7 Å². The van der Waals surface area contributed by atoms with Gasteiger partial charge in [0.2, 0.25) is 0 Å². The van der Waals surface area contributed by atoms with E-state index in [0.717, 1.165) is 5.56 Å². The molecule has 2 rings (SSSR count). The van der Waals surface area contributed by atoms with Crippen molar-refractivity contribution >= 4 is 38.1 Å². The van der Waals surface area contributed by atoms with Crippen molar-refractivity contribution in [3.05, 3.63) is 40.4 Å². The second-order valence-corrected chi connectivity index (χ2v) is 6.71. The zero-order valence-electron chi connectivity index (χ0n) is 10.1. The van der Waals surface area contributed by atoms with Crippen molar-refractivity contribution in [1.29, 1.82) is 0 Å². The number of sulfonamides is 1. The first-order chi connectivity index (χ1) is 9.03. The van der Waals surface area contributed by atoms with Gasteiger partial charge in [0.1, 0.15) is 0 Å². The molecule has 5 nitrogen and oxygen atoms in total. The molecule has 1 aromatic heterocycles. The van der Waals surface area contributed by atoms with Crippen molar-refractivity contribution in [3.63, 3.8) is 0 Å². The van der Waals surface area contributed by atoms with Crippen LogP contribution in [0.3, 0.4) is 0 Å². The zero-order chi connectivity index (χ0) is 13.9. The molecule has 1 heterocycles. The van der Waals surface area contributed by atoms with E-state index in [1.54, 1.807) is 18.5 Å². The van der Waals surface area contributed by atoms with E-state index in [0.29, 0.717) is 16.7 Å². The molecule has 0 radical (unpaired) electrons. The first-order valence-electron chi connectivity index (χ1n) is 5.38. The van der Waals surface area contributed by atoms with Crippen LogP contribution in [0.2, 0.25) is 5.02 Å². The number of nitrogens with zero attached hydrogens (tertiary/aromatic N) is 1. The second-order valence-electron chi connectivity index (χ2n) is 3.73. The van der Waals surface area contributed by atoms with Gasteiger partial charge >= 0.3 is 0 Å². The van der Waals surface area contributed by atoms with Crippen LogP contribution < -0.4 is 10.0 Å². The van der Waals surface area contributed by atoms with Crippen LogP contribution in [-0.4, -0.2) is 20.4 Å². The monoisotopic (exact) mass is 317 g/mol. The third-order valence-corrected chi connectivity index (χ3v) is 4.86. The highest BCUT2D eigenvalue weighted by atomic mass is 35.5. The van der Waals surface area contributed by atoms with Crippen molar-refractivity contribution in [2.24, 2.45) is 0 Å². The van der Waals surface area contributed by atoms with Crippen molar-refractivity contribution in [2.75, 3.05) is 11.8 Å². The van der Waals surface area contributed by atoms with Crippen molar-refractivity contribution < 1.29 is 8.42 Å². The highest BCUT2D eigenvalue weighted by molar-refractivity contribution is 7.93. The van der Waals surface area contributed by atoms with Gasteiger partial charge < -0.3 is 5.32 Å². The minimum absolute atomic E-state index is 0.118. The van der Waals surface area contributed by atoms with Gasteiger partial charge in [-0.1, -0.05) is 17.7 Å². The number of anilines is 1. The Bertz CT molecular complexity index is 657. The van der Waals surface area contributed by atoms with Crippen LogP contribution in [0.25, 0.3) is 0 Å². The normalized spacial score (nSPS) is 11.5. The Hall–Kier alpha value is -1.15. The molecule has 0 amide bonds. The Morgan fingerprint density at radius 1 is 1.42 bits per heavy atom. The molecule has 0 bridgehead atoms. The maximum absolute atomic E-state index is 12.1. The molecule has 102 valence electrons. The third-order valence-electron chi connectivity index (χ3n) is 2.36. The van der Waals surface area contributed by atoms with Crippen LogP contribution in [-0.2, 0) is 16.6 Å². The molecule has 0 unspecified atom stereocenters. The van der Waals surface area contributed by atoms with Crippen LogP contribution in [0.5, 0.6) is 0 Å². The molecule has 19 heavy (non-hydrogen) atoms. The highest BCUT2D eigenvalue weighted by Gasteiger charge is 2.16. The molecule has 0 fully saturated rings. The summed E-state index contributed by atoms with van der Waals surface area (Å²) in [7, 11) is -1.85. The average Bonchev–Trinajstić information content (AvgIpc) is 2.84. The minimum atomic E-state index is -3.64. The lowest BCUT2D eigenvalue weighted by atomic mass is 10.2. The topological polar surface area (TPSA) is 71.1 Å². The molecule has 2 N–H and O–H groups in total. The molecule has 0 spiro atoms. The smallest absolute Gasteiger partial charge is 0.263 e. The van der Waals surface area contributed by atoms with Crippen LogP contribution in [0.15, 0.2) is 34.7 Å². The maximum atomic E-state index is 12.1. The molecular weight excluding hydrogens is 306 g/mol. The first-order valence-corrected chi connectivity index (χ1v) is 8.12. The summed E-state index contributed by atoms with van der Waals surface area (Å²) in [5.41, 5.74) is 0.845. The molecule has 0 saturated carbocycles. The number of nitrogens with one attached hydrogen (secondary N) is 2. The maximum Gasteiger partial charge on any atom is 0.263 e. The van der Waals surface area contributed by atoms with Gasteiger partial charge in [-0.15, -0.1) is 11.3 Å². The number of benzene rings is 1. The van der Waals surface area contributed by atoms with Crippen molar-refractivity contribution in [1.82, 2.24) is 10.3 Å². The van der Waals surface area contributed by atoms with Crippen LogP contribution in [0.1, 0.15) is 5.56 Å². The summed E-state index contributed by atoms with van der Waals surface area (Å²) >= 11 is 7.27. The number of hydrogen-bond donors (Lipinski definition) is 2. The Labute approximate surface area is 120 Å². The quantitative estimate of drug-likeness (QED) is 0.888. The van der Waals surface area contributed by atoms with E-state index in [9.17, 15) is 8.42 Å². The van der Waals surface area contributed by atoms with Crippen LogP contribution in [0.4, 0.5) is 5.13 Å². The molecule has 8 heteroatoms. The SMILES string of the molecule is CNCc1ccc(S(=O)(=O)Nc2nccs2)cc1Cl. The van der Waals surface area contributed by atoms with Crippen molar-refractivity contribution in [3.8, 4) is 0 Å². The van der Waals surface area contributed by atoms with E-state index in [1.807, 2.05) is 0 Å². The predicted molar refractivity (Wildman–Crippen MR) is 77.1 cm³/mol. The number of aromatic nitrogens is 1. The molecule has 2 aromatic rings.